The topological polar surface area (TPSA) is 62.8 Å². The maximum Gasteiger partial charge on any atom is 0.264 e. The van der Waals surface area contributed by atoms with Crippen LogP contribution < -0.4 is 20.3 Å². The van der Waals surface area contributed by atoms with E-state index in [-0.39, 0.29) is 17.6 Å². The minimum atomic E-state index is -0.302. The average molecular weight is 400 g/mol. The molecule has 0 atom stereocenters. The number of carbonyl (C=O) groups is 1. The highest BCUT2D eigenvalue weighted by Gasteiger charge is 2.11. The van der Waals surface area contributed by atoms with Crippen LogP contribution in [0.15, 0.2) is 42.5 Å². The number of benzene rings is 2. The van der Waals surface area contributed by atoms with Crippen molar-refractivity contribution in [2.75, 3.05) is 43.1 Å². The number of hydrogen-bond donors (Lipinski definition) is 2. The second-order valence-corrected chi connectivity index (χ2v) is 7.04. The van der Waals surface area contributed by atoms with Crippen LogP contribution in [0.5, 0.6) is 5.75 Å². The summed E-state index contributed by atoms with van der Waals surface area (Å²) in [5.74, 6) is 0.399. The first kappa shape index (κ1) is 20.1. The van der Waals surface area contributed by atoms with Crippen molar-refractivity contribution in [2.45, 2.75) is 13.8 Å². The molecule has 1 aliphatic heterocycles. The van der Waals surface area contributed by atoms with E-state index in [2.05, 4.69) is 15.5 Å². The van der Waals surface area contributed by atoms with E-state index in [1.165, 1.54) is 0 Å². The van der Waals surface area contributed by atoms with Crippen molar-refractivity contribution in [3.63, 3.8) is 0 Å². The molecule has 2 aromatic rings. The number of rotatable bonds is 5. The predicted octanol–water partition coefficient (Wildman–Crippen LogP) is 3.03. The summed E-state index contributed by atoms with van der Waals surface area (Å²) in [6, 6.07) is 13.7. The van der Waals surface area contributed by atoms with Gasteiger partial charge in [-0.05, 0) is 67.5 Å². The van der Waals surface area contributed by atoms with Gasteiger partial charge < -0.3 is 19.7 Å². The zero-order chi connectivity index (χ0) is 19.9. The van der Waals surface area contributed by atoms with Crippen LogP contribution in [-0.4, -0.2) is 43.9 Å². The summed E-state index contributed by atoms with van der Waals surface area (Å²) in [5, 5.41) is 5.91. The van der Waals surface area contributed by atoms with Gasteiger partial charge in [-0.25, -0.2) is 0 Å². The molecule has 0 aromatic heterocycles. The molecule has 0 spiro atoms. The standard InChI is InChI=1S/C21H25N3O3S/c1-15-4-3-5-19(16(15)2)27-14-20(25)23-21(28)22-17-6-8-18(9-7-17)24-10-12-26-13-11-24/h3-9H,10-14H2,1-2H3,(H2,22,23,25,28). The quantitative estimate of drug-likeness (QED) is 0.754. The van der Waals surface area contributed by atoms with E-state index in [0.29, 0.717) is 5.75 Å². The number of aryl methyl sites for hydroxylation is 1. The zero-order valence-electron chi connectivity index (χ0n) is 16.2. The molecule has 0 radical (unpaired) electrons. The van der Waals surface area contributed by atoms with E-state index in [1.54, 1.807) is 0 Å². The fourth-order valence-electron chi connectivity index (χ4n) is 2.93. The highest BCUT2D eigenvalue weighted by molar-refractivity contribution is 7.80. The van der Waals surface area contributed by atoms with E-state index in [0.717, 1.165) is 48.8 Å². The molecule has 0 unspecified atom stereocenters. The Morgan fingerprint density at radius 2 is 1.86 bits per heavy atom. The van der Waals surface area contributed by atoms with Crippen molar-refractivity contribution in [2.24, 2.45) is 0 Å². The Morgan fingerprint density at radius 3 is 2.57 bits per heavy atom. The maximum atomic E-state index is 12.1. The number of amides is 1. The van der Waals surface area contributed by atoms with Crippen LogP contribution in [0.3, 0.4) is 0 Å². The molecular formula is C21H25N3O3S. The molecule has 3 rings (SSSR count). The van der Waals surface area contributed by atoms with Crippen LogP contribution in [0.4, 0.5) is 11.4 Å². The fraction of sp³-hybridized carbons (Fsp3) is 0.333. The molecule has 1 amide bonds. The Hall–Kier alpha value is -2.64. The van der Waals surface area contributed by atoms with Crippen molar-refractivity contribution in [3.05, 3.63) is 53.6 Å². The van der Waals surface area contributed by atoms with Crippen LogP contribution in [0.25, 0.3) is 0 Å². The van der Waals surface area contributed by atoms with E-state index in [4.69, 9.17) is 21.7 Å². The van der Waals surface area contributed by atoms with Gasteiger partial charge in [0.1, 0.15) is 5.75 Å². The third-order valence-corrected chi connectivity index (χ3v) is 4.87. The molecule has 1 saturated heterocycles. The third kappa shape index (κ3) is 5.43. The molecule has 7 heteroatoms. The normalized spacial score (nSPS) is 13.7. The van der Waals surface area contributed by atoms with Gasteiger partial charge in [-0.2, -0.15) is 0 Å². The first-order valence-electron chi connectivity index (χ1n) is 9.25. The Balaban J connectivity index is 1.46. The Bertz CT molecular complexity index is 833. The Morgan fingerprint density at radius 1 is 1.14 bits per heavy atom. The van der Waals surface area contributed by atoms with Gasteiger partial charge >= 0.3 is 0 Å². The maximum absolute atomic E-state index is 12.1. The molecule has 1 heterocycles. The number of nitrogens with zero attached hydrogens (tertiary/aromatic N) is 1. The Kier molecular flexibility index (Phi) is 6.84. The number of anilines is 2. The smallest absolute Gasteiger partial charge is 0.264 e. The lowest BCUT2D eigenvalue weighted by Crippen LogP contribution is -2.37. The van der Waals surface area contributed by atoms with Crippen LogP contribution in [0.1, 0.15) is 11.1 Å². The second kappa shape index (κ2) is 9.52. The van der Waals surface area contributed by atoms with Crippen molar-refractivity contribution in [1.29, 1.82) is 0 Å². The summed E-state index contributed by atoms with van der Waals surface area (Å²) in [6.45, 7) is 7.16. The van der Waals surface area contributed by atoms with Gasteiger partial charge in [-0.3, -0.25) is 10.1 Å². The molecule has 0 bridgehead atoms. The molecule has 28 heavy (non-hydrogen) atoms. The average Bonchev–Trinajstić information content (AvgIpc) is 2.70. The summed E-state index contributed by atoms with van der Waals surface area (Å²) in [7, 11) is 0. The second-order valence-electron chi connectivity index (χ2n) is 6.64. The lowest BCUT2D eigenvalue weighted by Gasteiger charge is -2.28. The number of carbonyl (C=O) groups excluding carboxylic acids is 1. The monoisotopic (exact) mass is 399 g/mol. The van der Waals surface area contributed by atoms with Crippen molar-refractivity contribution < 1.29 is 14.3 Å². The van der Waals surface area contributed by atoms with Crippen molar-refractivity contribution in [3.8, 4) is 5.75 Å². The van der Waals surface area contributed by atoms with Crippen molar-refractivity contribution >= 4 is 34.6 Å². The molecule has 1 fully saturated rings. The largest absolute Gasteiger partial charge is 0.483 e. The van der Waals surface area contributed by atoms with Crippen LogP contribution >= 0.6 is 12.2 Å². The van der Waals surface area contributed by atoms with Crippen LogP contribution in [-0.2, 0) is 9.53 Å². The molecule has 148 valence electrons. The van der Waals surface area contributed by atoms with E-state index >= 15 is 0 Å². The van der Waals surface area contributed by atoms with E-state index in [1.807, 2.05) is 56.3 Å². The minimum Gasteiger partial charge on any atom is -0.483 e. The number of morpholine rings is 1. The molecular weight excluding hydrogens is 374 g/mol. The summed E-state index contributed by atoms with van der Waals surface area (Å²) >= 11 is 5.22. The molecule has 6 nitrogen and oxygen atoms in total. The lowest BCUT2D eigenvalue weighted by atomic mass is 10.1. The number of hydrogen-bond acceptors (Lipinski definition) is 5. The summed E-state index contributed by atoms with van der Waals surface area (Å²) in [5.41, 5.74) is 4.11. The fourth-order valence-corrected chi connectivity index (χ4v) is 3.16. The van der Waals surface area contributed by atoms with Gasteiger partial charge in [-0.15, -0.1) is 0 Å². The summed E-state index contributed by atoms with van der Waals surface area (Å²) in [6.07, 6.45) is 0. The van der Waals surface area contributed by atoms with Gasteiger partial charge in [0, 0.05) is 24.5 Å². The van der Waals surface area contributed by atoms with Gasteiger partial charge in [0.25, 0.3) is 5.91 Å². The molecule has 2 N–H and O–H groups in total. The predicted molar refractivity (Wildman–Crippen MR) is 115 cm³/mol. The molecule has 0 saturated carbocycles. The highest BCUT2D eigenvalue weighted by Crippen LogP contribution is 2.20. The van der Waals surface area contributed by atoms with Gasteiger partial charge in [0.15, 0.2) is 11.7 Å². The number of nitrogens with one attached hydrogen (secondary N) is 2. The first-order valence-corrected chi connectivity index (χ1v) is 9.66. The third-order valence-electron chi connectivity index (χ3n) is 4.67. The zero-order valence-corrected chi connectivity index (χ0v) is 17.0. The number of ether oxygens (including phenoxy) is 2. The SMILES string of the molecule is Cc1cccc(OCC(=O)NC(=S)Nc2ccc(N3CCOCC3)cc2)c1C. The van der Waals surface area contributed by atoms with Gasteiger partial charge in [-0.1, -0.05) is 12.1 Å². The van der Waals surface area contributed by atoms with Crippen LogP contribution in [0.2, 0.25) is 0 Å². The minimum absolute atomic E-state index is 0.0952. The lowest BCUT2D eigenvalue weighted by molar-refractivity contribution is -0.121. The van der Waals surface area contributed by atoms with E-state index < -0.39 is 0 Å². The first-order chi connectivity index (χ1) is 13.5. The highest BCUT2D eigenvalue weighted by atomic mass is 32.1. The summed E-state index contributed by atoms with van der Waals surface area (Å²) < 4.78 is 11.0. The van der Waals surface area contributed by atoms with E-state index in [9.17, 15) is 4.79 Å². The molecule has 2 aromatic carbocycles. The van der Waals surface area contributed by atoms with Crippen molar-refractivity contribution in [1.82, 2.24) is 5.32 Å². The Labute approximate surface area is 170 Å². The van der Waals surface area contributed by atoms with Crippen LogP contribution in [0, 0.1) is 13.8 Å². The van der Waals surface area contributed by atoms with Gasteiger partial charge in [0.05, 0.1) is 13.2 Å². The number of thiocarbonyl (C=S) groups is 1. The molecule has 0 aliphatic carbocycles. The summed E-state index contributed by atoms with van der Waals surface area (Å²) in [4.78, 5) is 14.4. The van der Waals surface area contributed by atoms with Gasteiger partial charge in [0.2, 0.25) is 0 Å². The molecule has 1 aliphatic rings.